The molecule has 0 aromatic heterocycles. The van der Waals surface area contributed by atoms with Crippen LogP contribution in [-0.4, -0.2) is 25.7 Å². The monoisotopic (exact) mass is 280 g/mol. The van der Waals surface area contributed by atoms with Gasteiger partial charge in [-0.25, -0.2) is 0 Å². The van der Waals surface area contributed by atoms with E-state index in [0.717, 1.165) is 25.3 Å². The standard InChI is InChI=1S/C11H14Cl2N2.ClH/c1-8-7-14-4-5-15(8)9-2-3-10(12)11(13)6-9;/h2-3,6,8,14H,4-5,7H2,1H3;1H. The minimum absolute atomic E-state index is 0. The molecule has 1 unspecified atom stereocenters. The molecule has 1 aliphatic heterocycles. The number of hydrogen-bond acceptors (Lipinski definition) is 2. The largest absolute Gasteiger partial charge is 0.366 e. The Balaban J connectivity index is 0.00000128. The predicted octanol–water partition coefficient (Wildman–Crippen LogP) is 3.21. The Morgan fingerprint density at radius 3 is 2.69 bits per heavy atom. The van der Waals surface area contributed by atoms with Crippen molar-refractivity contribution < 1.29 is 0 Å². The van der Waals surface area contributed by atoms with E-state index in [-0.39, 0.29) is 12.4 Å². The summed E-state index contributed by atoms with van der Waals surface area (Å²) in [5.41, 5.74) is 1.15. The van der Waals surface area contributed by atoms with Gasteiger partial charge in [-0.05, 0) is 25.1 Å². The molecule has 16 heavy (non-hydrogen) atoms. The van der Waals surface area contributed by atoms with Gasteiger partial charge in [0.1, 0.15) is 0 Å². The van der Waals surface area contributed by atoms with Gasteiger partial charge in [-0.2, -0.15) is 0 Å². The van der Waals surface area contributed by atoms with Crippen LogP contribution in [0.1, 0.15) is 6.92 Å². The van der Waals surface area contributed by atoms with Gasteiger partial charge in [0, 0.05) is 31.4 Å². The molecule has 0 amide bonds. The van der Waals surface area contributed by atoms with Gasteiger partial charge in [-0.15, -0.1) is 12.4 Å². The van der Waals surface area contributed by atoms with Crippen LogP contribution in [0.5, 0.6) is 0 Å². The number of hydrogen-bond donors (Lipinski definition) is 1. The Morgan fingerprint density at radius 1 is 1.31 bits per heavy atom. The molecule has 1 aromatic rings. The average molecular weight is 282 g/mol. The van der Waals surface area contributed by atoms with Gasteiger partial charge in [0.15, 0.2) is 0 Å². The molecule has 1 saturated heterocycles. The molecule has 0 aliphatic carbocycles. The van der Waals surface area contributed by atoms with Crippen molar-refractivity contribution in [3.8, 4) is 0 Å². The molecule has 0 saturated carbocycles. The summed E-state index contributed by atoms with van der Waals surface area (Å²) in [4.78, 5) is 2.35. The first-order valence-corrected chi connectivity index (χ1v) is 5.86. The van der Waals surface area contributed by atoms with E-state index in [1.807, 2.05) is 18.2 Å². The molecule has 1 heterocycles. The van der Waals surface area contributed by atoms with E-state index in [2.05, 4.69) is 17.1 Å². The summed E-state index contributed by atoms with van der Waals surface area (Å²) < 4.78 is 0. The summed E-state index contributed by atoms with van der Waals surface area (Å²) in [5, 5.41) is 4.60. The smallest absolute Gasteiger partial charge is 0.0612 e. The highest BCUT2D eigenvalue weighted by Crippen LogP contribution is 2.28. The van der Waals surface area contributed by atoms with E-state index >= 15 is 0 Å². The zero-order valence-electron chi connectivity index (χ0n) is 9.04. The predicted molar refractivity (Wildman–Crippen MR) is 73.4 cm³/mol. The number of anilines is 1. The summed E-state index contributed by atoms with van der Waals surface area (Å²) >= 11 is 11.9. The van der Waals surface area contributed by atoms with Crippen molar-refractivity contribution in [2.24, 2.45) is 0 Å². The van der Waals surface area contributed by atoms with Crippen molar-refractivity contribution >= 4 is 41.3 Å². The fraction of sp³-hybridized carbons (Fsp3) is 0.455. The van der Waals surface area contributed by atoms with E-state index in [1.165, 1.54) is 0 Å². The van der Waals surface area contributed by atoms with Crippen LogP contribution >= 0.6 is 35.6 Å². The SMILES string of the molecule is CC1CNCCN1c1ccc(Cl)c(Cl)c1.Cl. The fourth-order valence-corrected chi connectivity index (χ4v) is 2.18. The Hall–Kier alpha value is -0.150. The third-order valence-electron chi connectivity index (χ3n) is 2.74. The molecule has 1 aliphatic rings. The Labute approximate surface area is 112 Å². The first-order valence-electron chi connectivity index (χ1n) is 5.11. The van der Waals surface area contributed by atoms with Crippen LogP contribution in [0.2, 0.25) is 10.0 Å². The number of halogens is 3. The molecule has 1 aromatic carbocycles. The molecule has 1 atom stereocenters. The molecule has 0 radical (unpaired) electrons. The second-order valence-corrected chi connectivity index (χ2v) is 4.66. The van der Waals surface area contributed by atoms with Gasteiger partial charge in [0.25, 0.3) is 0 Å². The van der Waals surface area contributed by atoms with Crippen LogP contribution in [0.25, 0.3) is 0 Å². The van der Waals surface area contributed by atoms with Gasteiger partial charge < -0.3 is 10.2 Å². The van der Waals surface area contributed by atoms with Gasteiger partial charge in [0.2, 0.25) is 0 Å². The Kier molecular flexibility index (Phi) is 5.19. The lowest BCUT2D eigenvalue weighted by atomic mass is 10.2. The highest BCUT2D eigenvalue weighted by Gasteiger charge is 2.18. The van der Waals surface area contributed by atoms with Gasteiger partial charge in [-0.3, -0.25) is 0 Å². The molecular formula is C11H15Cl3N2. The van der Waals surface area contributed by atoms with Crippen LogP contribution in [0, 0.1) is 0 Å². The van der Waals surface area contributed by atoms with Gasteiger partial charge in [0.05, 0.1) is 10.0 Å². The molecule has 2 nitrogen and oxygen atoms in total. The topological polar surface area (TPSA) is 15.3 Å². The third-order valence-corrected chi connectivity index (χ3v) is 3.48. The normalized spacial score (nSPS) is 20.4. The van der Waals surface area contributed by atoms with Crippen LogP contribution < -0.4 is 10.2 Å². The molecule has 2 rings (SSSR count). The van der Waals surface area contributed by atoms with E-state index in [1.54, 1.807) is 0 Å². The Morgan fingerprint density at radius 2 is 2.06 bits per heavy atom. The first kappa shape index (κ1) is 13.9. The number of benzene rings is 1. The summed E-state index contributed by atoms with van der Waals surface area (Å²) in [5.74, 6) is 0. The lowest BCUT2D eigenvalue weighted by molar-refractivity contribution is 0.501. The van der Waals surface area contributed by atoms with Crippen LogP contribution in [0.15, 0.2) is 18.2 Å². The van der Waals surface area contributed by atoms with Crippen LogP contribution in [0.3, 0.4) is 0 Å². The average Bonchev–Trinajstić information content (AvgIpc) is 2.23. The maximum Gasteiger partial charge on any atom is 0.0612 e. The van der Waals surface area contributed by atoms with E-state index in [4.69, 9.17) is 23.2 Å². The van der Waals surface area contributed by atoms with Crippen molar-refractivity contribution in [1.82, 2.24) is 5.32 Å². The van der Waals surface area contributed by atoms with Crippen molar-refractivity contribution in [2.75, 3.05) is 24.5 Å². The molecule has 0 spiro atoms. The van der Waals surface area contributed by atoms with Crippen molar-refractivity contribution in [1.29, 1.82) is 0 Å². The third kappa shape index (κ3) is 2.95. The van der Waals surface area contributed by atoms with Crippen molar-refractivity contribution in [3.63, 3.8) is 0 Å². The zero-order chi connectivity index (χ0) is 10.8. The highest BCUT2D eigenvalue weighted by molar-refractivity contribution is 6.42. The van der Waals surface area contributed by atoms with Crippen LogP contribution in [-0.2, 0) is 0 Å². The van der Waals surface area contributed by atoms with Crippen molar-refractivity contribution in [3.05, 3.63) is 28.2 Å². The molecule has 0 bridgehead atoms. The van der Waals surface area contributed by atoms with Crippen molar-refractivity contribution in [2.45, 2.75) is 13.0 Å². The number of rotatable bonds is 1. The fourth-order valence-electron chi connectivity index (χ4n) is 1.89. The van der Waals surface area contributed by atoms with Gasteiger partial charge in [-0.1, -0.05) is 23.2 Å². The van der Waals surface area contributed by atoms with Crippen LogP contribution in [0.4, 0.5) is 5.69 Å². The number of nitrogens with zero attached hydrogens (tertiary/aromatic N) is 1. The maximum absolute atomic E-state index is 6.01. The number of piperazine rings is 1. The lowest BCUT2D eigenvalue weighted by Crippen LogP contribution is -2.49. The minimum atomic E-state index is 0. The summed E-state index contributed by atoms with van der Waals surface area (Å²) in [6.07, 6.45) is 0. The molecule has 90 valence electrons. The summed E-state index contributed by atoms with van der Waals surface area (Å²) in [6.45, 7) is 5.25. The molecule has 1 N–H and O–H groups in total. The first-order chi connectivity index (χ1) is 7.18. The van der Waals surface area contributed by atoms with E-state index in [0.29, 0.717) is 16.1 Å². The lowest BCUT2D eigenvalue weighted by Gasteiger charge is -2.36. The second kappa shape index (κ2) is 5.97. The zero-order valence-corrected chi connectivity index (χ0v) is 11.4. The minimum Gasteiger partial charge on any atom is -0.366 e. The number of nitrogens with one attached hydrogen (secondary N) is 1. The van der Waals surface area contributed by atoms with E-state index in [9.17, 15) is 0 Å². The summed E-state index contributed by atoms with van der Waals surface area (Å²) in [7, 11) is 0. The molecular weight excluding hydrogens is 266 g/mol. The quantitative estimate of drug-likeness (QED) is 0.850. The maximum atomic E-state index is 6.01. The van der Waals surface area contributed by atoms with E-state index < -0.39 is 0 Å². The van der Waals surface area contributed by atoms with Gasteiger partial charge >= 0.3 is 0 Å². The highest BCUT2D eigenvalue weighted by atomic mass is 35.5. The Bertz CT molecular complexity index is 357. The summed E-state index contributed by atoms with van der Waals surface area (Å²) in [6, 6.07) is 6.31. The second-order valence-electron chi connectivity index (χ2n) is 3.84. The molecule has 5 heteroatoms. The molecule has 1 fully saturated rings.